The summed E-state index contributed by atoms with van der Waals surface area (Å²) in [6.45, 7) is 5.61. The predicted molar refractivity (Wildman–Crippen MR) is 35.7 cm³/mol. The molecule has 2 nitrogen and oxygen atoms in total. The first-order valence-electron chi connectivity index (χ1n) is 2.25. The van der Waals surface area contributed by atoms with Crippen molar-refractivity contribution in [2.24, 2.45) is 0 Å². The number of hydrogen-bond donors (Lipinski definition) is 1. The summed E-state index contributed by atoms with van der Waals surface area (Å²) < 4.78 is 0. The van der Waals surface area contributed by atoms with Gasteiger partial charge >= 0.3 is 0 Å². The van der Waals surface area contributed by atoms with E-state index in [2.05, 4.69) is 11.9 Å². The molecule has 43 valence electrons. The Bertz CT molecular complexity index is 173. The molecule has 0 atom stereocenters. The van der Waals surface area contributed by atoms with E-state index >= 15 is 0 Å². The summed E-state index contributed by atoms with van der Waals surface area (Å²) in [6.07, 6.45) is 0. The third-order valence-electron chi connectivity index (χ3n) is 0.909. The van der Waals surface area contributed by atoms with Gasteiger partial charge in [-0.2, -0.15) is 0 Å². The Morgan fingerprint density at radius 2 is 2.38 bits per heavy atom. The number of nitrogens with two attached hydrogens (primary N) is 1. The average Bonchev–Trinajstić information content (AvgIpc) is 1.85. The lowest BCUT2D eigenvalue weighted by atomic mass is 10.4. The van der Waals surface area contributed by atoms with E-state index < -0.39 is 0 Å². The molecule has 2 N–H and O–H groups in total. The molecule has 0 aliphatic rings. The Hall–Kier alpha value is -0.570. The lowest BCUT2D eigenvalue weighted by molar-refractivity contribution is 1.32. The van der Waals surface area contributed by atoms with E-state index in [0.717, 1.165) is 10.6 Å². The smallest absolute Gasteiger partial charge is 0.180 e. The molecule has 0 bridgehead atoms. The van der Waals surface area contributed by atoms with E-state index in [0.29, 0.717) is 5.13 Å². The maximum atomic E-state index is 5.35. The number of thiazole rings is 1. The van der Waals surface area contributed by atoms with Gasteiger partial charge in [-0.3, -0.25) is 0 Å². The summed E-state index contributed by atoms with van der Waals surface area (Å²) in [5.74, 6) is 0. The van der Waals surface area contributed by atoms with Crippen LogP contribution < -0.4 is 5.73 Å². The minimum atomic E-state index is 0.604. The van der Waals surface area contributed by atoms with Gasteiger partial charge in [-0.25, -0.2) is 4.98 Å². The number of nitrogen functional groups attached to an aromatic ring is 1. The van der Waals surface area contributed by atoms with Gasteiger partial charge in [-0.1, -0.05) is 0 Å². The Labute approximate surface area is 52.4 Å². The molecular formula is C5H7N2S. The van der Waals surface area contributed by atoms with E-state index in [4.69, 9.17) is 5.73 Å². The largest absolute Gasteiger partial charge is 0.375 e. The normalized spacial score (nSPS) is 9.75. The van der Waals surface area contributed by atoms with E-state index in [9.17, 15) is 0 Å². The monoisotopic (exact) mass is 127 g/mol. The molecule has 1 aromatic heterocycles. The van der Waals surface area contributed by atoms with Crippen molar-refractivity contribution in [2.75, 3.05) is 5.73 Å². The fourth-order valence-corrected chi connectivity index (χ4v) is 1.08. The molecule has 0 amide bonds. The molecule has 0 unspecified atom stereocenters. The minimum Gasteiger partial charge on any atom is -0.375 e. The molecular weight excluding hydrogens is 120 g/mol. The maximum Gasteiger partial charge on any atom is 0.180 e. The summed E-state index contributed by atoms with van der Waals surface area (Å²) in [7, 11) is 0. The Morgan fingerprint density at radius 1 is 1.75 bits per heavy atom. The number of aromatic nitrogens is 1. The van der Waals surface area contributed by atoms with Gasteiger partial charge in [0.1, 0.15) is 0 Å². The Balaban J connectivity index is 3.14. The Kier molecular flexibility index (Phi) is 1.21. The van der Waals surface area contributed by atoms with E-state index in [-0.39, 0.29) is 0 Å². The van der Waals surface area contributed by atoms with Gasteiger partial charge in [0, 0.05) is 4.88 Å². The van der Waals surface area contributed by atoms with Crippen LogP contribution in [0.1, 0.15) is 10.6 Å². The lowest BCUT2D eigenvalue weighted by Gasteiger charge is -1.76. The van der Waals surface area contributed by atoms with Crippen LogP contribution in [0.4, 0.5) is 5.13 Å². The number of hydrogen-bond acceptors (Lipinski definition) is 3. The third-order valence-corrected chi connectivity index (χ3v) is 1.75. The van der Waals surface area contributed by atoms with Crippen molar-refractivity contribution in [2.45, 2.75) is 6.92 Å². The summed E-state index contributed by atoms with van der Waals surface area (Å²) in [5, 5.41) is 0.604. The van der Waals surface area contributed by atoms with Crippen LogP contribution in [0, 0.1) is 13.8 Å². The van der Waals surface area contributed by atoms with E-state index in [1.165, 1.54) is 11.3 Å². The van der Waals surface area contributed by atoms with Crippen molar-refractivity contribution in [3.63, 3.8) is 0 Å². The quantitative estimate of drug-likeness (QED) is 0.569. The number of anilines is 1. The molecule has 1 heterocycles. The molecule has 8 heavy (non-hydrogen) atoms. The van der Waals surface area contributed by atoms with Crippen LogP contribution in [0.3, 0.4) is 0 Å². The fourth-order valence-electron chi connectivity index (χ4n) is 0.450. The van der Waals surface area contributed by atoms with Crippen LogP contribution in [-0.4, -0.2) is 4.98 Å². The molecule has 0 aliphatic carbocycles. The first kappa shape index (κ1) is 5.56. The molecule has 0 saturated carbocycles. The van der Waals surface area contributed by atoms with Crippen molar-refractivity contribution in [3.05, 3.63) is 17.5 Å². The van der Waals surface area contributed by atoms with Gasteiger partial charge in [-0.05, 0) is 13.8 Å². The van der Waals surface area contributed by atoms with Gasteiger partial charge in [0.25, 0.3) is 0 Å². The molecule has 1 aromatic rings. The van der Waals surface area contributed by atoms with Gasteiger partial charge in [0.05, 0.1) is 5.69 Å². The Morgan fingerprint density at radius 3 is 2.50 bits per heavy atom. The van der Waals surface area contributed by atoms with Crippen molar-refractivity contribution < 1.29 is 0 Å². The van der Waals surface area contributed by atoms with E-state index in [1.807, 2.05) is 6.92 Å². The van der Waals surface area contributed by atoms with Crippen molar-refractivity contribution in [1.82, 2.24) is 4.98 Å². The molecule has 0 fully saturated rings. The van der Waals surface area contributed by atoms with Crippen molar-refractivity contribution in [3.8, 4) is 0 Å². The standard InChI is InChI=1S/C5H7N2S/c1-3-4(2)8-5(6)7-3/h1H2,2H3,(H2,6,7). The maximum absolute atomic E-state index is 5.35. The number of rotatable bonds is 0. The summed E-state index contributed by atoms with van der Waals surface area (Å²) in [4.78, 5) is 5.00. The molecule has 0 aromatic carbocycles. The molecule has 1 rings (SSSR count). The zero-order chi connectivity index (χ0) is 6.15. The number of nitrogens with zero attached hydrogens (tertiary/aromatic N) is 1. The molecule has 1 radical (unpaired) electrons. The zero-order valence-electron chi connectivity index (χ0n) is 4.64. The first-order chi connectivity index (χ1) is 3.70. The molecule has 0 saturated heterocycles. The molecule has 0 spiro atoms. The lowest BCUT2D eigenvalue weighted by Crippen LogP contribution is -1.80. The van der Waals surface area contributed by atoms with Crippen LogP contribution in [0.5, 0.6) is 0 Å². The van der Waals surface area contributed by atoms with Crippen molar-refractivity contribution in [1.29, 1.82) is 0 Å². The highest BCUT2D eigenvalue weighted by atomic mass is 32.1. The third kappa shape index (κ3) is 0.816. The fraction of sp³-hybridized carbons (Fsp3) is 0.200. The van der Waals surface area contributed by atoms with Crippen molar-refractivity contribution >= 4 is 16.5 Å². The average molecular weight is 127 g/mol. The summed E-state index contributed by atoms with van der Waals surface area (Å²) in [5.41, 5.74) is 6.15. The van der Waals surface area contributed by atoms with Crippen LogP contribution in [-0.2, 0) is 0 Å². The van der Waals surface area contributed by atoms with Crippen LogP contribution in [0.25, 0.3) is 0 Å². The van der Waals surface area contributed by atoms with Crippen LogP contribution >= 0.6 is 11.3 Å². The van der Waals surface area contributed by atoms with Gasteiger partial charge in [0.2, 0.25) is 0 Å². The second-order valence-corrected chi connectivity index (χ2v) is 2.79. The second kappa shape index (κ2) is 1.74. The van der Waals surface area contributed by atoms with Crippen LogP contribution in [0.15, 0.2) is 0 Å². The van der Waals surface area contributed by atoms with Crippen LogP contribution in [0.2, 0.25) is 0 Å². The highest BCUT2D eigenvalue weighted by Crippen LogP contribution is 2.16. The first-order valence-corrected chi connectivity index (χ1v) is 3.06. The number of aryl methyl sites for hydroxylation is 1. The zero-order valence-corrected chi connectivity index (χ0v) is 5.46. The van der Waals surface area contributed by atoms with E-state index in [1.54, 1.807) is 0 Å². The minimum absolute atomic E-state index is 0.604. The van der Waals surface area contributed by atoms with Gasteiger partial charge in [-0.15, -0.1) is 11.3 Å². The summed E-state index contributed by atoms with van der Waals surface area (Å²) >= 11 is 1.47. The summed E-state index contributed by atoms with van der Waals surface area (Å²) in [6, 6.07) is 0. The molecule has 3 heteroatoms. The molecule has 0 aliphatic heterocycles. The highest BCUT2D eigenvalue weighted by molar-refractivity contribution is 7.15. The topological polar surface area (TPSA) is 38.9 Å². The van der Waals surface area contributed by atoms with Gasteiger partial charge < -0.3 is 5.73 Å². The van der Waals surface area contributed by atoms with Gasteiger partial charge in [0.15, 0.2) is 5.13 Å². The SMILES string of the molecule is [CH2]c1nc(N)sc1C. The predicted octanol–water partition coefficient (Wildman–Crippen LogP) is 1.22. The second-order valence-electron chi connectivity index (χ2n) is 1.55. The highest BCUT2D eigenvalue weighted by Gasteiger charge is 1.96.